The molecule has 0 saturated heterocycles. The third-order valence-corrected chi connectivity index (χ3v) is 3.10. The summed E-state index contributed by atoms with van der Waals surface area (Å²) in [5.74, 6) is 0. The topological polar surface area (TPSA) is 46.5 Å². The molecule has 1 aromatic carbocycles. The summed E-state index contributed by atoms with van der Waals surface area (Å²) in [5, 5.41) is 6.80. The van der Waals surface area contributed by atoms with E-state index in [9.17, 15) is 0 Å². The fourth-order valence-corrected chi connectivity index (χ4v) is 2.14. The average molecular weight is 240 g/mol. The molecule has 0 aliphatic heterocycles. The second-order valence-electron chi connectivity index (χ2n) is 5.48. The minimum Gasteiger partial charge on any atom is -0.325 e. The fraction of sp³-hybridized carbons (Fsp3) is 0.286. The normalized spacial score (nSPS) is 12.2. The molecule has 0 atom stereocenters. The number of H-pyrrole nitrogens is 1. The van der Waals surface area contributed by atoms with E-state index in [1.807, 2.05) is 18.7 Å². The lowest BCUT2D eigenvalue weighted by Gasteiger charge is -2.21. The van der Waals surface area contributed by atoms with Gasteiger partial charge in [-0.25, -0.2) is 4.98 Å². The Labute approximate surface area is 106 Å². The van der Waals surface area contributed by atoms with Crippen LogP contribution in [0.4, 0.5) is 0 Å². The maximum Gasteiger partial charge on any atom is 0.0963 e. The van der Waals surface area contributed by atoms with Gasteiger partial charge in [0.1, 0.15) is 0 Å². The molecule has 2 aromatic heterocycles. The van der Waals surface area contributed by atoms with Crippen LogP contribution in [0.5, 0.6) is 0 Å². The van der Waals surface area contributed by atoms with Crippen LogP contribution in [0.15, 0.2) is 36.9 Å². The van der Waals surface area contributed by atoms with Gasteiger partial charge in [-0.1, -0.05) is 6.07 Å². The molecular formula is C14H16N4. The average Bonchev–Trinajstić information content (AvgIpc) is 2.96. The number of hydrogen-bond donors (Lipinski definition) is 1. The Morgan fingerprint density at radius 3 is 2.67 bits per heavy atom. The maximum absolute atomic E-state index is 4.49. The first kappa shape index (κ1) is 11.0. The van der Waals surface area contributed by atoms with Crippen LogP contribution < -0.4 is 0 Å². The van der Waals surface area contributed by atoms with E-state index >= 15 is 0 Å². The van der Waals surface area contributed by atoms with Gasteiger partial charge >= 0.3 is 0 Å². The molecule has 0 radical (unpaired) electrons. The molecule has 0 saturated carbocycles. The first-order valence-electron chi connectivity index (χ1n) is 6.02. The number of fused-ring (bicyclic) bond motifs is 1. The zero-order valence-corrected chi connectivity index (χ0v) is 10.8. The molecule has 0 unspecified atom stereocenters. The number of imidazole rings is 1. The highest BCUT2D eigenvalue weighted by molar-refractivity contribution is 5.82. The van der Waals surface area contributed by atoms with Crippen LogP contribution >= 0.6 is 0 Å². The van der Waals surface area contributed by atoms with Crippen LogP contribution in [0.1, 0.15) is 20.8 Å². The van der Waals surface area contributed by atoms with E-state index in [4.69, 9.17) is 0 Å². The Kier molecular flexibility index (Phi) is 2.26. The lowest BCUT2D eigenvalue weighted by Crippen LogP contribution is -2.20. The number of nitrogens with zero attached hydrogens (tertiary/aromatic N) is 3. The van der Waals surface area contributed by atoms with Crippen molar-refractivity contribution in [3.05, 3.63) is 36.9 Å². The molecule has 3 rings (SSSR count). The molecule has 3 aromatic rings. The van der Waals surface area contributed by atoms with Crippen molar-refractivity contribution in [2.45, 2.75) is 26.3 Å². The van der Waals surface area contributed by atoms with Gasteiger partial charge in [-0.3, -0.25) is 5.10 Å². The van der Waals surface area contributed by atoms with Crippen molar-refractivity contribution in [2.75, 3.05) is 0 Å². The van der Waals surface area contributed by atoms with Crippen molar-refractivity contribution in [1.29, 1.82) is 0 Å². The van der Waals surface area contributed by atoms with Gasteiger partial charge < -0.3 is 4.57 Å². The van der Waals surface area contributed by atoms with Gasteiger partial charge in [0.05, 0.1) is 23.6 Å². The van der Waals surface area contributed by atoms with Crippen molar-refractivity contribution in [3.8, 4) is 11.1 Å². The van der Waals surface area contributed by atoms with Crippen LogP contribution in [-0.2, 0) is 5.54 Å². The van der Waals surface area contributed by atoms with E-state index in [0.29, 0.717) is 0 Å². The van der Waals surface area contributed by atoms with Crippen LogP contribution in [0, 0.1) is 0 Å². The summed E-state index contributed by atoms with van der Waals surface area (Å²) >= 11 is 0. The van der Waals surface area contributed by atoms with E-state index < -0.39 is 0 Å². The van der Waals surface area contributed by atoms with Crippen LogP contribution in [0.25, 0.3) is 22.2 Å². The van der Waals surface area contributed by atoms with E-state index in [0.717, 1.165) is 22.2 Å². The Bertz CT molecular complexity index is 671. The Morgan fingerprint density at radius 1 is 1.17 bits per heavy atom. The quantitative estimate of drug-likeness (QED) is 0.710. The molecule has 1 N–H and O–H groups in total. The third kappa shape index (κ3) is 1.70. The van der Waals surface area contributed by atoms with Crippen LogP contribution in [0.2, 0.25) is 0 Å². The van der Waals surface area contributed by atoms with Crippen molar-refractivity contribution < 1.29 is 0 Å². The van der Waals surface area contributed by atoms with Gasteiger partial charge in [-0.2, -0.15) is 5.10 Å². The molecule has 0 fully saturated rings. The van der Waals surface area contributed by atoms with E-state index in [1.165, 1.54) is 0 Å². The lowest BCUT2D eigenvalue weighted by molar-refractivity contribution is 0.408. The van der Waals surface area contributed by atoms with E-state index in [2.05, 4.69) is 58.7 Å². The second kappa shape index (κ2) is 3.70. The maximum atomic E-state index is 4.49. The molecule has 0 spiro atoms. The molecule has 4 nitrogen and oxygen atoms in total. The van der Waals surface area contributed by atoms with Gasteiger partial charge in [0.15, 0.2) is 0 Å². The molecular weight excluding hydrogens is 224 g/mol. The fourth-order valence-electron chi connectivity index (χ4n) is 2.14. The van der Waals surface area contributed by atoms with Crippen LogP contribution in [-0.4, -0.2) is 19.7 Å². The minimum absolute atomic E-state index is 0.0475. The summed E-state index contributed by atoms with van der Waals surface area (Å²) in [6.45, 7) is 6.54. The molecule has 0 aliphatic carbocycles. The summed E-state index contributed by atoms with van der Waals surface area (Å²) in [5.41, 5.74) is 4.45. The SMILES string of the molecule is CC(C)(C)n1cnc2cc(-c3cn[nH]c3)ccc21. The molecule has 0 amide bonds. The Balaban J connectivity index is 2.16. The van der Waals surface area contributed by atoms with Crippen molar-refractivity contribution in [1.82, 2.24) is 19.7 Å². The molecule has 0 bridgehead atoms. The molecule has 18 heavy (non-hydrogen) atoms. The van der Waals surface area contributed by atoms with Gasteiger partial charge in [-0.15, -0.1) is 0 Å². The third-order valence-electron chi connectivity index (χ3n) is 3.10. The van der Waals surface area contributed by atoms with Gasteiger partial charge in [0.2, 0.25) is 0 Å². The van der Waals surface area contributed by atoms with Crippen molar-refractivity contribution >= 4 is 11.0 Å². The van der Waals surface area contributed by atoms with Crippen molar-refractivity contribution in [2.24, 2.45) is 0 Å². The number of benzene rings is 1. The summed E-state index contributed by atoms with van der Waals surface area (Å²) in [4.78, 5) is 4.49. The Hall–Kier alpha value is -2.10. The van der Waals surface area contributed by atoms with E-state index in [1.54, 1.807) is 0 Å². The minimum atomic E-state index is 0.0475. The highest BCUT2D eigenvalue weighted by atomic mass is 15.1. The predicted octanol–water partition coefficient (Wildman–Crippen LogP) is 3.18. The van der Waals surface area contributed by atoms with Gasteiger partial charge in [0, 0.05) is 17.3 Å². The zero-order valence-electron chi connectivity index (χ0n) is 10.8. The number of nitrogens with one attached hydrogen (secondary N) is 1. The summed E-state index contributed by atoms with van der Waals surface area (Å²) in [7, 11) is 0. The molecule has 0 aliphatic rings. The highest BCUT2D eigenvalue weighted by Gasteiger charge is 2.16. The lowest BCUT2D eigenvalue weighted by atomic mass is 10.1. The number of aromatic nitrogens is 4. The molecule has 4 heteroatoms. The standard InChI is InChI=1S/C14H16N4/c1-14(2,3)18-9-15-12-6-10(4-5-13(12)18)11-7-16-17-8-11/h4-9H,1-3H3,(H,16,17). The number of aromatic amines is 1. The van der Waals surface area contributed by atoms with Crippen LogP contribution in [0.3, 0.4) is 0 Å². The second-order valence-corrected chi connectivity index (χ2v) is 5.48. The highest BCUT2D eigenvalue weighted by Crippen LogP contribution is 2.26. The summed E-state index contributed by atoms with van der Waals surface area (Å²) in [6, 6.07) is 6.33. The number of hydrogen-bond acceptors (Lipinski definition) is 2. The number of rotatable bonds is 1. The zero-order chi connectivity index (χ0) is 12.8. The smallest absolute Gasteiger partial charge is 0.0963 e. The summed E-state index contributed by atoms with van der Waals surface area (Å²) in [6.07, 6.45) is 5.62. The van der Waals surface area contributed by atoms with Crippen molar-refractivity contribution in [3.63, 3.8) is 0 Å². The predicted molar refractivity (Wildman–Crippen MR) is 72.3 cm³/mol. The summed E-state index contributed by atoms with van der Waals surface area (Å²) < 4.78 is 2.20. The Morgan fingerprint density at radius 2 is 2.00 bits per heavy atom. The van der Waals surface area contributed by atoms with E-state index in [-0.39, 0.29) is 5.54 Å². The molecule has 2 heterocycles. The van der Waals surface area contributed by atoms with Gasteiger partial charge in [-0.05, 0) is 38.5 Å². The first-order chi connectivity index (χ1) is 8.55. The van der Waals surface area contributed by atoms with Gasteiger partial charge in [0.25, 0.3) is 0 Å². The monoisotopic (exact) mass is 240 g/mol. The molecule has 92 valence electrons. The largest absolute Gasteiger partial charge is 0.325 e. The first-order valence-corrected chi connectivity index (χ1v) is 6.02.